The van der Waals surface area contributed by atoms with Gasteiger partial charge in [-0.15, -0.1) is 0 Å². The van der Waals surface area contributed by atoms with E-state index in [0.717, 1.165) is 31.0 Å². The molecular weight excluding hydrogens is 384 g/mol. The number of hydrogen-bond acceptors (Lipinski definition) is 5. The Morgan fingerprint density at radius 2 is 1.73 bits per heavy atom. The summed E-state index contributed by atoms with van der Waals surface area (Å²) in [6.07, 6.45) is 0.934. The topological polar surface area (TPSA) is 70.5 Å². The zero-order chi connectivity index (χ0) is 21.5. The van der Waals surface area contributed by atoms with Crippen molar-refractivity contribution in [3.8, 4) is 17.2 Å². The minimum absolute atomic E-state index is 0.0549. The van der Waals surface area contributed by atoms with Gasteiger partial charge in [0.05, 0.1) is 34.4 Å². The fraction of sp³-hybridized carbons (Fsp3) is 0.435. The van der Waals surface area contributed by atoms with Gasteiger partial charge in [0.2, 0.25) is 5.91 Å². The first kappa shape index (κ1) is 21.9. The zero-order valence-corrected chi connectivity index (χ0v) is 18.1. The molecule has 7 nitrogen and oxygen atoms in total. The summed E-state index contributed by atoms with van der Waals surface area (Å²) in [5, 5.41) is 3.02. The smallest absolute Gasteiger partial charge is 0.246 e. The predicted molar refractivity (Wildman–Crippen MR) is 113 cm³/mol. The molecule has 162 valence electrons. The molecule has 1 amide bonds. The van der Waals surface area contributed by atoms with Crippen LogP contribution in [0.5, 0.6) is 17.2 Å². The van der Waals surface area contributed by atoms with Crippen molar-refractivity contribution < 1.29 is 28.6 Å². The van der Waals surface area contributed by atoms with Crippen molar-refractivity contribution in [3.63, 3.8) is 0 Å². The fourth-order valence-electron chi connectivity index (χ4n) is 4.04. The number of ether oxygens (including phenoxy) is 4. The summed E-state index contributed by atoms with van der Waals surface area (Å²) in [6, 6.07) is 12.4. The highest BCUT2D eigenvalue weighted by molar-refractivity contribution is 5.77. The molecule has 0 saturated carbocycles. The standard InChI is InChI=1S/C23H30N2O5/c1-27-15-23(26)24-13-20-19-12-22(30-4)21(29-3)11-17(19)9-10-25(20)14-16-5-7-18(28-2)8-6-16/h5-8,11-12,20H,9-10,13-15H2,1-4H3,(H,24,26)/p+1/t20-/m1/s1. The molecule has 0 aliphatic carbocycles. The summed E-state index contributed by atoms with van der Waals surface area (Å²) in [5.74, 6) is 2.17. The molecule has 2 aromatic carbocycles. The van der Waals surface area contributed by atoms with E-state index in [0.29, 0.717) is 12.3 Å². The number of nitrogens with one attached hydrogen (secondary N) is 2. The van der Waals surface area contributed by atoms with E-state index in [1.807, 2.05) is 12.1 Å². The first-order valence-electron chi connectivity index (χ1n) is 10.1. The number of quaternary nitrogens is 1. The number of carbonyl (C=O) groups excluding carboxylic acids is 1. The van der Waals surface area contributed by atoms with Gasteiger partial charge in [0.1, 0.15) is 24.9 Å². The third kappa shape index (κ3) is 5.04. The molecule has 2 aromatic rings. The Balaban J connectivity index is 1.88. The van der Waals surface area contributed by atoms with E-state index < -0.39 is 0 Å². The molecule has 0 radical (unpaired) electrons. The average molecular weight is 416 g/mol. The van der Waals surface area contributed by atoms with Crippen LogP contribution in [0.3, 0.4) is 0 Å². The highest BCUT2D eigenvalue weighted by Gasteiger charge is 2.33. The van der Waals surface area contributed by atoms with E-state index >= 15 is 0 Å². The third-order valence-electron chi connectivity index (χ3n) is 5.60. The zero-order valence-electron chi connectivity index (χ0n) is 18.1. The van der Waals surface area contributed by atoms with Crippen LogP contribution in [0.4, 0.5) is 0 Å². The molecule has 0 spiro atoms. The number of methoxy groups -OCH3 is 4. The maximum atomic E-state index is 12.1. The molecule has 1 heterocycles. The summed E-state index contributed by atoms with van der Waals surface area (Å²) < 4.78 is 21.2. The monoisotopic (exact) mass is 415 g/mol. The Hall–Kier alpha value is -2.77. The van der Waals surface area contributed by atoms with Gasteiger partial charge in [-0.25, -0.2) is 0 Å². The van der Waals surface area contributed by atoms with Gasteiger partial charge in [0.15, 0.2) is 11.5 Å². The van der Waals surface area contributed by atoms with E-state index in [4.69, 9.17) is 18.9 Å². The lowest BCUT2D eigenvalue weighted by Crippen LogP contribution is -3.12. The van der Waals surface area contributed by atoms with Crippen LogP contribution >= 0.6 is 0 Å². The molecule has 1 aliphatic heterocycles. The van der Waals surface area contributed by atoms with Crippen molar-refractivity contribution >= 4 is 5.91 Å². The van der Waals surface area contributed by atoms with Gasteiger partial charge in [-0.3, -0.25) is 4.79 Å². The molecule has 0 fully saturated rings. The molecule has 0 bridgehead atoms. The Morgan fingerprint density at radius 3 is 2.37 bits per heavy atom. The number of benzene rings is 2. The van der Waals surface area contributed by atoms with Crippen LogP contribution < -0.4 is 24.4 Å². The second-order valence-corrected chi connectivity index (χ2v) is 7.38. The van der Waals surface area contributed by atoms with Gasteiger partial charge in [-0.1, -0.05) is 0 Å². The van der Waals surface area contributed by atoms with E-state index in [1.54, 1.807) is 21.3 Å². The summed E-state index contributed by atoms with van der Waals surface area (Å²) in [5.41, 5.74) is 3.64. The fourth-order valence-corrected chi connectivity index (χ4v) is 4.04. The van der Waals surface area contributed by atoms with Gasteiger partial charge in [-0.2, -0.15) is 0 Å². The Kier molecular flexibility index (Phi) is 7.54. The lowest BCUT2D eigenvalue weighted by atomic mass is 9.91. The molecule has 1 aliphatic rings. The van der Waals surface area contributed by atoms with Crippen molar-refractivity contribution in [1.82, 2.24) is 5.32 Å². The van der Waals surface area contributed by atoms with Gasteiger partial charge in [0.25, 0.3) is 0 Å². The first-order valence-corrected chi connectivity index (χ1v) is 10.1. The minimum Gasteiger partial charge on any atom is -0.497 e. The van der Waals surface area contributed by atoms with E-state index in [-0.39, 0.29) is 18.6 Å². The maximum absolute atomic E-state index is 12.1. The lowest BCUT2D eigenvalue weighted by molar-refractivity contribution is -0.945. The van der Waals surface area contributed by atoms with Crippen LogP contribution in [0, 0.1) is 0 Å². The Labute approximate surface area is 177 Å². The molecule has 0 saturated heterocycles. The van der Waals surface area contributed by atoms with Crippen LogP contribution in [-0.2, 0) is 22.5 Å². The summed E-state index contributed by atoms with van der Waals surface area (Å²) in [6.45, 7) is 2.39. The molecule has 30 heavy (non-hydrogen) atoms. The van der Waals surface area contributed by atoms with Crippen LogP contribution in [0.15, 0.2) is 36.4 Å². The Morgan fingerprint density at radius 1 is 1.03 bits per heavy atom. The summed E-state index contributed by atoms with van der Waals surface area (Å²) >= 11 is 0. The van der Waals surface area contributed by atoms with Crippen molar-refractivity contribution in [2.75, 3.05) is 48.1 Å². The normalized spacial score (nSPS) is 17.7. The molecule has 2 N–H and O–H groups in total. The Bertz CT molecular complexity index is 853. The van der Waals surface area contributed by atoms with Crippen LogP contribution in [0.2, 0.25) is 0 Å². The number of hydrogen-bond donors (Lipinski definition) is 2. The van der Waals surface area contributed by atoms with Gasteiger partial charge < -0.3 is 29.2 Å². The van der Waals surface area contributed by atoms with Crippen LogP contribution in [0.1, 0.15) is 22.7 Å². The van der Waals surface area contributed by atoms with E-state index in [1.165, 1.54) is 28.7 Å². The van der Waals surface area contributed by atoms with E-state index in [2.05, 4.69) is 29.6 Å². The number of carbonyl (C=O) groups is 1. The number of amides is 1. The van der Waals surface area contributed by atoms with E-state index in [9.17, 15) is 4.79 Å². The second-order valence-electron chi connectivity index (χ2n) is 7.38. The maximum Gasteiger partial charge on any atom is 0.246 e. The molecular formula is C23H31N2O5+. The molecule has 0 aromatic heterocycles. The molecule has 3 rings (SSSR count). The quantitative estimate of drug-likeness (QED) is 0.643. The largest absolute Gasteiger partial charge is 0.497 e. The van der Waals surface area contributed by atoms with Gasteiger partial charge in [-0.05, 0) is 42.0 Å². The van der Waals surface area contributed by atoms with Crippen molar-refractivity contribution in [1.29, 1.82) is 0 Å². The van der Waals surface area contributed by atoms with Crippen molar-refractivity contribution in [2.45, 2.75) is 19.0 Å². The number of fused-ring (bicyclic) bond motifs is 1. The van der Waals surface area contributed by atoms with Crippen molar-refractivity contribution in [2.24, 2.45) is 0 Å². The minimum atomic E-state index is -0.117. The molecule has 1 unspecified atom stereocenters. The highest BCUT2D eigenvalue weighted by Crippen LogP contribution is 2.34. The number of rotatable bonds is 9. The van der Waals surface area contributed by atoms with Crippen LogP contribution in [0.25, 0.3) is 0 Å². The second kappa shape index (κ2) is 10.3. The molecule has 2 atom stereocenters. The predicted octanol–water partition coefficient (Wildman–Crippen LogP) is 1.16. The van der Waals surface area contributed by atoms with Gasteiger partial charge in [0, 0.05) is 24.7 Å². The van der Waals surface area contributed by atoms with Gasteiger partial charge >= 0.3 is 0 Å². The SMILES string of the molecule is COCC(=O)NC[C@@H]1c2cc(OC)c(OC)cc2CC[NH+]1Cc1ccc(OC)cc1. The lowest BCUT2D eigenvalue weighted by Gasteiger charge is -2.35. The highest BCUT2D eigenvalue weighted by atomic mass is 16.5. The average Bonchev–Trinajstić information content (AvgIpc) is 2.78. The first-order chi connectivity index (χ1) is 14.6. The third-order valence-corrected chi connectivity index (χ3v) is 5.60. The summed E-state index contributed by atoms with van der Waals surface area (Å²) in [7, 11) is 6.48. The summed E-state index contributed by atoms with van der Waals surface area (Å²) in [4.78, 5) is 13.4. The molecule has 7 heteroatoms. The van der Waals surface area contributed by atoms with Crippen molar-refractivity contribution in [3.05, 3.63) is 53.1 Å². The van der Waals surface area contributed by atoms with Crippen LogP contribution in [-0.4, -0.2) is 54.0 Å².